The number of likely N-dealkylation sites (N-methyl/N-ethyl adjacent to an activating group) is 1. The van der Waals surface area contributed by atoms with Crippen molar-refractivity contribution in [3.05, 3.63) is 53.5 Å². The number of amides is 1. The zero-order valence-electron chi connectivity index (χ0n) is 16.5. The van der Waals surface area contributed by atoms with Gasteiger partial charge in [0.1, 0.15) is 29.2 Å². The van der Waals surface area contributed by atoms with E-state index < -0.39 is 29.4 Å². The summed E-state index contributed by atoms with van der Waals surface area (Å²) in [7, 11) is 5.27. The molecule has 148 valence electrons. The average molecular weight is 384 g/mol. The Balaban J connectivity index is 2.02. The molecule has 2 heterocycles. The number of rotatable bonds is 7. The SMILES string of the molecule is COc1cccc(C(=O)C2C(=O)C(=O)N(CCN(C)C)C2c2ccc(C)o2)c1. The van der Waals surface area contributed by atoms with Crippen molar-refractivity contribution in [3.8, 4) is 5.75 Å². The average Bonchev–Trinajstić information content (AvgIpc) is 3.21. The standard InChI is InChI=1S/C21H24N2O5/c1-13-8-9-16(28-13)18-17(19(24)14-6-5-7-15(12-14)27-4)20(25)21(26)23(18)11-10-22(2)3/h5-9,12,17-18H,10-11H2,1-4H3. The number of hydrogen-bond acceptors (Lipinski definition) is 6. The van der Waals surface area contributed by atoms with Gasteiger partial charge in [-0.3, -0.25) is 14.4 Å². The molecule has 0 bridgehead atoms. The van der Waals surface area contributed by atoms with Crippen molar-refractivity contribution in [1.29, 1.82) is 0 Å². The monoisotopic (exact) mass is 384 g/mol. The van der Waals surface area contributed by atoms with E-state index in [2.05, 4.69) is 0 Å². The van der Waals surface area contributed by atoms with Gasteiger partial charge in [0, 0.05) is 18.7 Å². The van der Waals surface area contributed by atoms with E-state index in [1.807, 2.05) is 19.0 Å². The summed E-state index contributed by atoms with van der Waals surface area (Å²) < 4.78 is 10.9. The molecule has 7 heteroatoms. The number of nitrogens with zero attached hydrogens (tertiary/aromatic N) is 2. The van der Waals surface area contributed by atoms with Crippen LogP contribution in [-0.4, -0.2) is 61.6 Å². The molecule has 1 fully saturated rings. The smallest absolute Gasteiger partial charge is 0.291 e. The van der Waals surface area contributed by atoms with Crippen LogP contribution in [0.4, 0.5) is 0 Å². The molecule has 1 aliphatic rings. The number of aryl methyl sites for hydroxylation is 1. The number of furan rings is 1. The quantitative estimate of drug-likeness (QED) is 0.413. The van der Waals surface area contributed by atoms with Crippen LogP contribution in [0.15, 0.2) is 40.8 Å². The first-order valence-corrected chi connectivity index (χ1v) is 9.07. The lowest BCUT2D eigenvalue weighted by Gasteiger charge is -2.26. The Morgan fingerprint density at radius 1 is 1.21 bits per heavy atom. The van der Waals surface area contributed by atoms with Crippen LogP contribution in [0.25, 0.3) is 0 Å². The van der Waals surface area contributed by atoms with Crippen LogP contribution < -0.4 is 4.74 Å². The second-order valence-corrected chi connectivity index (χ2v) is 7.13. The molecule has 7 nitrogen and oxygen atoms in total. The molecule has 2 unspecified atom stereocenters. The lowest BCUT2D eigenvalue weighted by atomic mass is 9.88. The molecular weight excluding hydrogens is 360 g/mol. The maximum absolute atomic E-state index is 13.2. The molecule has 28 heavy (non-hydrogen) atoms. The van der Waals surface area contributed by atoms with E-state index in [4.69, 9.17) is 9.15 Å². The van der Waals surface area contributed by atoms with E-state index >= 15 is 0 Å². The summed E-state index contributed by atoms with van der Waals surface area (Å²) in [5, 5.41) is 0. The third kappa shape index (κ3) is 3.71. The van der Waals surface area contributed by atoms with Crippen molar-refractivity contribution in [2.45, 2.75) is 13.0 Å². The molecule has 0 aliphatic carbocycles. The minimum atomic E-state index is -1.15. The normalized spacial score (nSPS) is 19.5. The number of Topliss-reactive ketones (excluding diaryl/α,β-unsaturated/α-hetero) is 2. The Kier molecular flexibility index (Phi) is 5.65. The van der Waals surface area contributed by atoms with E-state index in [0.29, 0.717) is 35.9 Å². The molecule has 0 N–H and O–H groups in total. The topological polar surface area (TPSA) is 80.1 Å². The number of methoxy groups -OCH3 is 1. The second-order valence-electron chi connectivity index (χ2n) is 7.13. The predicted octanol–water partition coefficient (Wildman–Crippen LogP) is 2.11. The molecule has 1 aromatic heterocycles. The van der Waals surface area contributed by atoms with Gasteiger partial charge in [-0.15, -0.1) is 0 Å². The van der Waals surface area contributed by atoms with Gasteiger partial charge in [0.2, 0.25) is 5.78 Å². The molecule has 2 aromatic rings. The summed E-state index contributed by atoms with van der Waals surface area (Å²) in [6.45, 7) is 2.67. The number of ether oxygens (including phenoxy) is 1. The Morgan fingerprint density at radius 2 is 1.96 bits per heavy atom. The van der Waals surface area contributed by atoms with Crippen LogP contribution in [0.2, 0.25) is 0 Å². The van der Waals surface area contributed by atoms with Gasteiger partial charge < -0.3 is 19.0 Å². The highest BCUT2D eigenvalue weighted by Crippen LogP contribution is 2.39. The number of hydrogen-bond donors (Lipinski definition) is 0. The van der Waals surface area contributed by atoms with Crippen LogP contribution in [0, 0.1) is 12.8 Å². The van der Waals surface area contributed by atoms with Gasteiger partial charge in [-0.1, -0.05) is 12.1 Å². The lowest BCUT2D eigenvalue weighted by molar-refractivity contribution is -0.140. The number of ketones is 2. The minimum absolute atomic E-state index is 0.323. The molecule has 1 saturated heterocycles. The third-order valence-corrected chi connectivity index (χ3v) is 4.88. The van der Waals surface area contributed by atoms with Crippen molar-refractivity contribution in [1.82, 2.24) is 9.80 Å². The molecule has 0 radical (unpaired) electrons. The molecule has 2 atom stereocenters. The molecule has 3 rings (SSSR count). The van der Waals surface area contributed by atoms with Crippen molar-refractivity contribution < 1.29 is 23.5 Å². The zero-order chi connectivity index (χ0) is 20.4. The summed E-state index contributed by atoms with van der Waals surface area (Å²) in [6, 6.07) is 9.33. The minimum Gasteiger partial charge on any atom is -0.497 e. The Hall–Kier alpha value is -2.93. The first-order chi connectivity index (χ1) is 13.3. The molecule has 0 saturated carbocycles. The van der Waals surface area contributed by atoms with E-state index in [0.717, 1.165) is 0 Å². The summed E-state index contributed by atoms with van der Waals surface area (Å²) in [5.74, 6) is -1.31. The van der Waals surface area contributed by atoms with Crippen LogP contribution in [0.3, 0.4) is 0 Å². The summed E-state index contributed by atoms with van der Waals surface area (Å²) >= 11 is 0. The van der Waals surface area contributed by atoms with Crippen molar-refractivity contribution in [2.24, 2.45) is 5.92 Å². The third-order valence-electron chi connectivity index (χ3n) is 4.88. The molecular formula is C21H24N2O5. The van der Waals surface area contributed by atoms with Crippen LogP contribution in [0.5, 0.6) is 5.75 Å². The van der Waals surface area contributed by atoms with Gasteiger partial charge in [0.25, 0.3) is 5.91 Å². The fraction of sp³-hybridized carbons (Fsp3) is 0.381. The van der Waals surface area contributed by atoms with Gasteiger partial charge in [0.05, 0.1) is 7.11 Å². The van der Waals surface area contributed by atoms with Crippen molar-refractivity contribution in [3.63, 3.8) is 0 Å². The van der Waals surface area contributed by atoms with Gasteiger partial charge in [-0.05, 0) is 45.3 Å². The number of carbonyl (C=O) groups is 3. The molecule has 0 spiro atoms. The first-order valence-electron chi connectivity index (χ1n) is 9.07. The van der Waals surface area contributed by atoms with Crippen LogP contribution >= 0.6 is 0 Å². The molecule has 1 aliphatic heterocycles. The lowest BCUT2D eigenvalue weighted by Crippen LogP contribution is -2.36. The van der Waals surface area contributed by atoms with E-state index in [1.165, 1.54) is 12.0 Å². The highest BCUT2D eigenvalue weighted by molar-refractivity contribution is 6.44. The maximum Gasteiger partial charge on any atom is 0.291 e. The van der Waals surface area contributed by atoms with Crippen LogP contribution in [-0.2, 0) is 9.59 Å². The van der Waals surface area contributed by atoms with Crippen molar-refractivity contribution in [2.75, 3.05) is 34.3 Å². The maximum atomic E-state index is 13.2. The van der Waals surface area contributed by atoms with Gasteiger partial charge >= 0.3 is 0 Å². The van der Waals surface area contributed by atoms with Gasteiger partial charge in [-0.25, -0.2) is 0 Å². The predicted molar refractivity (Wildman–Crippen MR) is 102 cm³/mol. The van der Waals surface area contributed by atoms with E-state index in [9.17, 15) is 14.4 Å². The summed E-state index contributed by atoms with van der Waals surface area (Å²) in [4.78, 5) is 42.1. The highest BCUT2D eigenvalue weighted by Gasteiger charge is 2.52. The zero-order valence-corrected chi connectivity index (χ0v) is 16.5. The number of benzene rings is 1. The highest BCUT2D eigenvalue weighted by atomic mass is 16.5. The van der Waals surface area contributed by atoms with E-state index in [1.54, 1.807) is 43.3 Å². The van der Waals surface area contributed by atoms with Crippen LogP contribution in [0.1, 0.15) is 27.9 Å². The number of likely N-dealkylation sites (tertiary alicyclic amines) is 1. The largest absolute Gasteiger partial charge is 0.497 e. The Bertz CT molecular complexity index is 902. The Labute approximate surface area is 163 Å². The Morgan fingerprint density at radius 3 is 2.57 bits per heavy atom. The van der Waals surface area contributed by atoms with Gasteiger partial charge in [0.15, 0.2) is 5.78 Å². The molecule has 1 aromatic carbocycles. The summed E-state index contributed by atoms with van der Waals surface area (Å²) in [5.41, 5.74) is 0.327. The number of carbonyl (C=O) groups excluding carboxylic acids is 3. The second kappa shape index (κ2) is 7.98. The fourth-order valence-electron chi connectivity index (χ4n) is 3.42. The van der Waals surface area contributed by atoms with Crippen molar-refractivity contribution >= 4 is 17.5 Å². The van der Waals surface area contributed by atoms with E-state index in [-0.39, 0.29) is 0 Å². The van der Waals surface area contributed by atoms with Gasteiger partial charge in [-0.2, -0.15) is 0 Å². The summed E-state index contributed by atoms with van der Waals surface area (Å²) in [6.07, 6.45) is 0. The molecule has 1 amide bonds. The first kappa shape index (κ1) is 19.8. The fourth-order valence-corrected chi connectivity index (χ4v) is 3.42.